The van der Waals surface area contributed by atoms with Crippen molar-refractivity contribution in [3.05, 3.63) is 51.7 Å². The summed E-state index contributed by atoms with van der Waals surface area (Å²) in [5.74, 6) is 0.738. The Morgan fingerprint density at radius 3 is 3.05 bits per heavy atom. The summed E-state index contributed by atoms with van der Waals surface area (Å²) in [5.41, 5.74) is 2.61. The zero-order valence-corrected chi connectivity index (χ0v) is 14.1. The van der Waals surface area contributed by atoms with E-state index < -0.39 is 0 Å². The maximum Gasteiger partial charge on any atom is 0.293 e. The molecule has 0 aliphatic heterocycles. The van der Waals surface area contributed by atoms with Gasteiger partial charge in [-0.25, -0.2) is 0 Å². The minimum atomic E-state index is 0.614. The van der Waals surface area contributed by atoms with Crippen LogP contribution in [0.3, 0.4) is 0 Å². The zero-order valence-electron chi connectivity index (χ0n) is 14.3. The third-order valence-electron chi connectivity index (χ3n) is 4.67. The lowest BCUT2D eigenvalue weighted by Gasteiger charge is -2.35. The van der Waals surface area contributed by atoms with Gasteiger partial charge in [-0.15, -0.1) is 11.3 Å². The Hall–Kier alpha value is -1.32. The summed E-state index contributed by atoms with van der Waals surface area (Å²) in [4.78, 5) is 4.14. The van der Waals surface area contributed by atoms with E-state index in [1.807, 2.05) is 23.5 Å². The highest BCUT2D eigenvalue weighted by molar-refractivity contribution is 7.09. The summed E-state index contributed by atoms with van der Waals surface area (Å²) in [6, 6.07) is 11.1. The molecule has 0 bridgehead atoms. The Kier molecular flexibility index (Phi) is 4.74. The van der Waals surface area contributed by atoms with Crippen molar-refractivity contribution >= 4 is 11.3 Å². The molecular weight excluding hydrogens is 290 g/mol. The lowest BCUT2D eigenvalue weighted by atomic mass is 9.86. The van der Waals surface area contributed by atoms with E-state index in [1.165, 1.54) is 29.0 Å². The molecular formula is C19H25NOS. The fourth-order valence-corrected chi connectivity index (χ4v) is 4.24. The average Bonchev–Trinajstić information content (AvgIpc) is 3.11. The SMILES string of the molecule is [2H]Oc1cccc2c1CC[C@H](N(CCC)CCc1cccs1)C2. The van der Waals surface area contributed by atoms with Gasteiger partial charge in [0.2, 0.25) is 0 Å². The van der Waals surface area contributed by atoms with E-state index in [2.05, 4.69) is 35.4 Å². The van der Waals surface area contributed by atoms with E-state index in [1.54, 1.807) is 0 Å². The highest BCUT2D eigenvalue weighted by Crippen LogP contribution is 2.30. The van der Waals surface area contributed by atoms with Crippen LogP contribution in [0.2, 0.25) is 0 Å². The third-order valence-corrected chi connectivity index (χ3v) is 5.60. The average molecular weight is 316 g/mol. The fourth-order valence-electron chi connectivity index (χ4n) is 3.54. The van der Waals surface area contributed by atoms with Gasteiger partial charge in [0.1, 0.15) is 5.75 Å². The first-order chi connectivity index (χ1) is 11.3. The predicted molar refractivity (Wildman–Crippen MR) is 93.8 cm³/mol. The molecule has 0 amide bonds. The molecule has 2 nitrogen and oxygen atoms in total. The molecule has 3 rings (SSSR count). The van der Waals surface area contributed by atoms with Gasteiger partial charge >= 0.3 is 0 Å². The quantitative estimate of drug-likeness (QED) is 0.825. The third kappa shape index (κ3) is 3.53. The van der Waals surface area contributed by atoms with Crippen molar-refractivity contribution in [1.82, 2.24) is 4.90 Å². The van der Waals surface area contributed by atoms with Crippen molar-refractivity contribution in [3.8, 4) is 5.75 Å². The Morgan fingerprint density at radius 2 is 2.27 bits per heavy atom. The molecule has 3 heteroatoms. The number of hydrogen-bond donors (Lipinski definition) is 1. The van der Waals surface area contributed by atoms with Crippen LogP contribution in [0, 0.1) is 0 Å². The first kappa shape index (κ1) is 14.3. The van der Waals surface area contributed by atoms with Gasteiger partial charge < -0.3 is 5.11 Å². The summed E-state index contributed by atoms with van der Waals surface area (Å²) in [5, 5.41) is 6.96. The lowest BCUT2D eigenvalue weighted by Crippen LogP contribution is -2.41. The molecule has 22 heavy (non-hydrogen) atoms. The number of rotatable bonds is 7. The Balaban J connectivity index is 1.68. The van der Waals surface area contributed by atoms with Gasteiger partial charge in [-0.05, 0) is 67.3 Å². The molecule has 0 saturated carbocycles. The largest absolute Gasteiger partial charge is 0.508 e. The van der Waals surface area contributed by atoms with E-state index in [9.17, 15) is 0 Å². The van der Waals surface area contributed by atoms with Gasteiger partial charge in [-0.2, -0.15) is 0 Å². The Labute approximate surface area is 138 Å². The van der Waals surface area contributed by atoms with Crippen LogP contribution in [-0.2, 0) is 19.3 Å². The lowest BCUT2D eigenvalue weighted by molar-refractivity contribution is 0.181. The topological polar surface area (TPSA) is 23.5 Å². The molecule has 0 radical (unpaired) electrons. The van der Waals surface area contributed by atoms with Gasteiger partial charge in [0.15, 0.2) is 0 Å². The van der Waals surface area contributed by atoms with Gasteiger partial charge in [0.05, 0.1) is 0 Å². The van der Waals surface area contributed by atoms with E-state index in [4.69, 9.17) is 6.54 Å². The number of phenolic OH excluding ortho intramolecular Hbond substituents is 1. The van der Waals surface area contributed by atoms with Gasteiger partial charge in [-0.3, -0.25) is 4.90 Å². The van der Waals surface area contributed by atoms with E-state index in [-0.39, 0.29) is 0 Å². The maximum absolute atomic E-state index is 7.22. The molecule has 0 unspecified atom stereocenters. The number of phenols is 1. The van der Waals surface area contributed by atoms with Crippen LogP contribution in [0.15, 0.2) is 35.7 Å². The van der Waals surface area contributed by atoms with Gasteiger partial charge in [0, 0.05) is 17.5 Å². The molecule has 1 atom stereocenters. The summed E-state index contributed by atoms with van der Waals surface area (Å²) in [6.45, 7) is 4.57. The minimum absolute atomic E-state index is 0.614. The smallest absolute Gasteiger partial charge is 0.293 e. The fraction of sp³-hybridized carbons (Fsp3) is 0.474. The monoisotopic (exact) mass is 316 g/mol. The highest BCUT2D eigenvalue weighted by Gasteiger charge is 2.25. The van der Waals surface area contributed by atoms with Gasteiger partial charge in [0.25, 0.3) is 1.43 Å². The molecule has 1 aliphatic rings. The molecule has 1 aliphatic carbocycles. The maximum atomic E-state index is 7.22. The summed E-state index contributed by atoms with van der Waals surface area (Å²) >= 11 is 1.86. The van der Waals surface area contributed by atoms with Crippen molar-refractivity contribution in [2.24, 2.45) is 0 Å². The number of hydrogen-bond acceptors (Lipinski definition) is 3. The van der Waals surface area contributed by atoms with Crippen molar-refractivity contribution in [3.63, 3.8) is 0 Å². The normalized spacial score (nSPS) is 18.1. The van der Waals surface area contributed by atoms with Crippen molar-refractivity contribution in [2.75, 3.05) is 13.1 Å². The second-order valence-corrected chi connectivity index (χ2v) is 7.19. The summed E-state index contributed by atoms with van der Waals surface area (Å²) in [6.07, 6.45) is 5.61. The van der Waals surface area contributed by atoms with Crippen LogP contribution in [0.4, 0.5) is 0 Å². The van der Waals surface area contributed by atoms with Crippen LogP contribution in [0.1, 0.15) is 35.8 Å². The molecule has 0 saturated heterocycles. The molecule has 0 fully saturated rings. The van der Waals surface area contributed by atoms with Crippen LogP contribution >= 0.6 is 11.3 Å². The second-order valence-electron chi connectivity index (χ2n) is 6.16. The number of benzene rings is 1. The molecule has 1 aromatic carbocycles. The van der Waals surface area contributed by atoms with Crippen molar-refractivity contribution < 1.29 is 5.11 Å². The van der Waals surface area contributed by atoms with Crippen LogP contribution in [0.25, 0.3) is 0 Å². The highest BCUT2D eigenvalue weighted by atomic mass is 32.1. The molecule has 2 aromatic rings. The van der Waals surface area contributed by atoms with Crippen LogP contribution < -0.4 is 0 Å². The first-order valence-electron chi connectivity index (χ1n) is 8.73. The molecule has 1 N–H and O–H groups in total. The van der Waals surface area contributed by atoms with E-state index in [0.29, 0.717) is 6.04 Å². The first-order valence-corrected chi connectivity index (χ1v) is 9.20. The predicted octanol–water partition coefficient (Wildman–Crippen LogP) is 4.27. The van der Waals surface area contributed by atoms with Crippen molar-refractivity contribution in [1.29, 1.82) is 1.43 Å². The number of aromatic hydroxyl groups is 1. The number of fused-ring (bicyclic) bond motifs is 1. The van der Waals surface area contributed by atoms with Crippen LogP contribution in [0.5, 0.6) is 5.75 Å². The van der Waals surface area contributed by atoms with Crippen molar-refractivity contribution in [2.45, 2.75) is 45.1 Å². The van der Waals surface area contributed by atoms with Gasteiger partial charge in [-0.1, -0.05) is 25.1 Å². The zero-order chi connectivity index (χ0) is 16.1. The van der Waals surface area contributed by atoms with Crippen LogP contribution in [-0.4, -0.2) is 30.6 Å². The van der Waals surface area contributed by atoms with E-state index in [0.717, 1.165) is 38.0 Å². The molecule has 1 aromatic heterocycles. The summed E-state index contributed by atoms with van der Waals surface area (Å²) < 4.78 is 7.22. The molecule has 118 valence electrons. The summed E-state index contributed by atoms with van der Waals surface area (Å²) in [7, 11) is 0. The second kappa shape index (κ2) is 7.30. The van der Waals surface area contributed by atoms with E-state index >= 15 is 0 Å². The Morgan fingerprint density at radius 1 is 1.32 bits per heavy atom. The molecule has 1 heterocycles. The number of nitrogens with zero attached hydrogens (tertiary/aromatic N) is 1. The minimum Gasteiger partial charge on any atom is -0.508 e. The standard InChI is InChI=1S/C19H25NOS/c1-2-11-20(12-10-17-6-4-13-22-17)16-8-9-18-15(14-16)5-3-7-19(18)21/h3-7,13,16,21H,2,8-12,14H2,1H3/t16-/m0/s1/i/hD. The molecule has 0 spiro atoms. The number of thiophene rings is 1. The Bertz CT molecular complexity index is 614.